The molecule has 1 saturated heterocycles. The fraction of sp³-hybridized carbons (Fsp3) is 0.208. The minimum Gasteiger partial charge on any atom is -0.495 e. The fourth-order valence-corrected chi connectivity index (χ4v) is 3.84. The molecule has 4 rings (SSSR count). The lowest BCUT2D eigenvalue weighted by Gasteiger charge is -2.16. The Kier molecular flexibility index (Phi) is 6.83. The molecule has 0 saturated carbocycles. The molecule has 10 heteroatoms. The monoisotopic (exact) mass is 485 g/mol. The van der Waals surface area contributed by atoms with Gasteiger partial charge in [-0.1, -0.05) is 11.6 Å². The van der Waals surface area contributed by atoms with E-state index in [1.807, 2.05) is 0 Å². The van der Waals surface area contributed by atoms with Crippen molar-refractivity contribution in [2.24, 2.45) is 5.92 Å². The number of ether oxygens (including phenoxy) is 1. The molecule has 1 unspecified atom stereocenters. The molecule has 1 aliphatic heterocycles. The number of furan rings is 1. The van der Waals surface area contributed by atoms with Crippen molar-refractivity contribution in [2.45, 2.75) is 13.0 Å². The summed E-state index contributed by atoms with van der Waals surface area (Å²) in [6.45, 7) is 0.566. The molecule has 0 radical (unpaired) electrons. The first-order valence-electron chi connectivity index (χ1n) is 10.4. The highest BCUT2D eigenvalue weighted by Gasteiger charge is 2.34. The summed E-state index contributed by atoms with van der Waals surface area (Å²) in [5.41, 5.74) is 0.429. The Labute approximate surface area is 199 Å². The van der Waals surface area contributed by atoms with E-state index in [1.54, 1.807) is 29.2 Å². The van der Waals surface area contributed by atoms with Gasteiger partial charge in [0.05, 0.1) is 37.1 Å². The van der Waals surface area contributed by atoms with Crippen LogP contribution in [0.5, 0.6) is 5.75 Å². The van der Waals surface area contributed by atoms with Crippen molar-refractivity contribution in [1.82, 2.24) is 4.90 Å². The first-order chi connectivity index (χ1) is 16.3. The number of likely N-dealkylation sites (tertiary alicyclic amines) is 1. The molecule has 8 nitrogen and oxygen atoms in total. The number of carbonyl (C=O) groups is 3. The number of hydrogen-bond donors (Lipinski definition) is 2. The highest BCUT2D eigenvalue weighted by atomic mass is 35.5. The standard InChI is InChI=1S/C24H21ClFN3O5/c1-33-21-7-5-16(11-20(21)28-24(32)18-6-4-15(25)10-19(18)26)27-23(31)14-9-22(30)29(12-14)13-17-3-2-8-34-17/h2-8,10-11,14H,9,12-13H2,1H3,(H,27,31)(H,28,32). The van der Waals surface area contributed by atoms with E-state index in [4.69, 9.17) is 20.8 Å². The quantitative estimate of drug-likeness (QED) is 0.519. The number of nitrogens with zero attached hydrogens (tertiary/aromatic N) is 1. The van der Waals surface area contributed by atoms with Crippen LogP contribution in [0.1, 0.15) is 22.5 Å². The van der Waals surface area contributed by atoms with Crippen LogP contribution in [0.2, 0.25) is 5.02 Å². The minimum atomic E-state index is -0.765. The van der Waals surface area contributed by atoms with Crippen LogP contribution >= 0.6 is 11.6 Å². The molecule has 2 heterocycles. The highest BCUT2D eigenvalue weighted by molar-refractivity contribution is 6.30. The zero-order valence-corrected chi connectivity index (χ0v) is 18.9. The van der Waals surface area contributed by atoms with Crippen molar-refractivity contribution in [3.63, 3.8) is 0 Å². The van der Waals surface area contributed by atoms with E-state index in [1.165, 1.54) is 31.6 Å². The maximum Gasteiger partial charge on any atom is 0.258 e. The molecule has 0 bridgehead atoms. The molecule has 0 spiro atoms. The van der Waals surface area contributed by atoms with Gasteiger partial charge < -0.3 is 24.7 Å². The van der Waals surface area contributed by atoms with Gasteiger partial charge in [-0.3, -0.25) is 14.4 Å². The van der Waals surface area contributed by atoms with Crippen molar-refractivity contribution < 1.29 is 27.9 Å². The minimum absolute atomic E-state index is 0.0854. The van der Waals surface area contributed by atoms with Gasteiger partial charge in [0.2, 0.25) is 11.8 Å². The number of amides is 3. The van der Waals surface area contributed by atoms with Gasteiger partial charge in [-0.15, -0.1) is 0 Å². The van der Waals surface area contributed by atoms with Gasteiger partial charge in [0.15, 0.2) is 0 Å². The van der Waals surface area contributed by atoms with E-state index in [0.29, 0.717) is 23.7 Å². The van der Waals surface area contributed by atoms with Crippen molar-refractivity contribution in [3.8, 4) is 5.75 Å². The van der Waals surface area contributed by atoms with Crippen LogP contribution in [0.15, 0.2) is 59.2 Å². The SMILES string of the molecule is COc1ccc(NC(=O)C2CC(=O)N(Cc3ccco3)C2)cc1NC(=O)c1ccc(Cl)cc1F. The fourth-order valence-electron chi connectivity index (χ4n) is 3.68. The van der Waals surface area contributed by atoms with Crippen LogP contribution < -0.4 is 15.4 Å². The summed E-state index contributed by atoms with van der Waals surface area (Å²) in [7, 11) is 1.42. The van der Waals surface area contributed by atoms with E-state index < -0.39 is 17.6 Å². The maximum absolute atomic E-state index is 14.1. The number of hydrogen-bond acceptors (Lipinski definition) is 5. The second-order valence-corrected chi connectivity index (χ2v) is 8.17. The number of halogens is 2. The summed E-state index contributed by atoms with van der Waals surface area (Å²) in [4.78, 5) is 39.3. The van der Waals surface area contributed by atoms with E-state index in [0.717, 1.165) is 6.07 Å². The van der Waals surface area contributed by atoms with Crippen molar-refractivity contribution >= 4 is 40.7 Å². The Morgan fingerprint density at radius 1 is 1.21 bits per heavy atom. The number of nitrogens with one attached hydrogen (secondary N) is 2. The smallest absolute Gasteiger partial charge is 0.258 e. The Hall–Kier alpha value is -3.85. The molecule has 176 valence electrons. The van der Waals surface area contributed by atoms with Gasteiger partial charge in [0.25, 0.3) is 5.91 Å². The van der Waals surface area contributed by atoms with Gasteiger partial charge in [0, 0.05) is 23.7 Å². The zero-order chi connectivity index (χ0) is 24.2. The van der Waals surface area contributed by atoms with Crippen LogP contribution in [0.4, 0.5) is 15.8 Å². The normalized spacial score (nSPS) is 15.3. The number of carbonyl (C=O) groups excluding carboxylic acids is 3. The third-order valence-electron chi connectivity index (χ3n) is 5.40. The number of benzene rings is 2. The Balaban J connectivity index is 1.44. The highest BCUT2D eigenvalue weighted by Crippen LogP contribution is 2.30. The van der Waals surface area contributed by atoms with E-state index in [9.17, 15) is 18.8 Å². The summed E-state index contributed by atoms with van der Waals surface area (Å²) < 4.78 is 24.7. The molecule has 2 N–H and O–H groups in total. The van der Waals surface area contributed by atoms with E-state index in [-0.39, 0.29) is 41.1 Å². The van der Waals surface area contributed by atoms with E-state index >= 15 is 0 Å². The number of anilines is 2. The predicted octanol–water partition coefficient (Wildman–Crippen LogP) is 4.32. The lowest BCUT2D eigenvalue weighted by atomic mass is 10.1. The summed E-state index contributed by atoms with van der Waals surface area (Å²) in [5, 5.41) is 5.53. The molecule has 1 fully saturated rings. The van der Waals surface area contributed by atoms with Gasteiger partial charge >= 0.3 is 0 Å². The zero-order valence-electron chi connectivity index (χ0n) is 18.1. The Morgan fingerprint density at radius 2 is 2.03 bits per heavy atom. The number of methoxy groups -OCH3 is 1. The third-order valence-corrected chi connectivity index (χ3v) is 5.64. The average Bonchev–Trinajstić information content (AvgIpc) is 3.44. The van der Waals surface area contributed by atoms with Crippen LogP contribution in [0.25, 0.3) is 0 Å². The molecular weight excluding hydrogens is 465 g/mol. The second kappa shape index (κ2) is 9.96. The molecule has 1 aliphatic rings. The summed E-state index contributed by atoms with van der Waals surface area (Å²) in [5.74, 6) is -1.51. The maximum atomic E-state index is 14.1. The summed E-state index contributed by atoms with van der Waals surface area (Å²) in [6, 6.07) is 11.9. The molecule has 34 heavy (non-hydrogen) atoms. The van der Waals surface area contributed by atoms with Crippen LogP contribution in [-0.2, 0) is 16.1 Å². The molecule has 1 atom stereocenters. The molecular formula is C24H21ClFN3O5. The molecule has 1 aromatic heterocycles. The molecule has 0 aliphatic carbocycles. The summed E-state index contributed by atoms with van der Waals surface area (Å²) in [6.07, 6.45) is 1.61. The lowest BCUT2D eigenvalue weighted by Crippen LogP contribution is -2.28. The number of rotatable bonds is 7. The Bertz CT molecular complexity index is 1230. The average molecular weight is 486 g/mol. The van der Waals surface area contributed by atoms with Gasteiger partial charge in [0.1, 0.15) is 17.3 Å². The van der Waals surface area contributed by atoms with Crippen molar-refractivity contribution in [2.75, 3.05) is 24.3 Å². The molecule has 3 amide bonds. The van der Waals surface area contributed by atoms with Crippen molar-refractivity contribution in [1.29, 1.82) is 0 Å². The third kappa shape index (κ3) is 5.20. The van der Waals surface area contributed by atoms with Crippen LogP contribution in [-0.4, -0.2) is 36.3 Å². The van der Waals surface area contributed by atoms with Gasteiger partial charge in [-0.2, -0.15) is 0 Å². The van der Waals surface area contributed by atoms with E-state index in [2.05, 4.69) is 10.6 Å². The molecule has 3 aromatic rings. The Morgan fingerprint density at radius 3 is 2.74 bits per heavy atom. The second-order valence-electron chi connectivity index (χ2n) is 7.74. The predicted molar refractivity (Wildman–Crippen MR) is 123 cm³/mol. The van der Waals surface area contributed by atoms with Crippen molar-refractivity contribution in [3.05, 3.63) is 77.0 Å². The van der Waals surface area contributed by atoms with Gasteiger partial charge in [-0.25, -0.2) is 4.39 Å². The van der Waals surface area contributed by atoms with Crippen LogP contribution in [0.3, 0.4) is 0 Å². The summed E-state index contributed by atoms with van der Waals surface area (Å²) >= 11 is 5.75. The first kappa shape index (κ1) is 23.3. The largest absolute Gasteiger partial charge is 0.495 e. The topological polar surface area (TPSA) is 101 Å². The first-order valence-corrected chi connectivity index (χ1v) is 10.8. The van der Waals surface area contributed by atoms with Gasteiger partial charge in [-0.05, 0) is 48.5 Å². The van der Waals surface area contributed by atoms with Crippen LogP contribution in [0, 0.1) is 11.7 Å². The molecule has 2 aromatic carbocycles. The lowest BCUT2D eigenvalue weighted by molar-refractivity contribution is -0.128.